The highest BCUT2D eigenvalue weighted by molar-refractivity contribution is 7.67. The molecule has 0 bridgehead atoms. The smallest absolute Gasteiger partial charge is 0.343 e. The molecule has 0 radical (unpaired) electrons. The molecule has 1 aliphatic carbocycles. The highest BCUT2D eigenvalue weighted by Gasteiger charge is 2.33. The Balaban J connectivity index is 1.83. The Morgan fingerprint density at radius 3 is 2.57 bits per heavy atom. The zero-order chi connectivity index (χ0) is 20.3. The lowest BCUT2D eigenvalue weighted by Crippen LogP contribution is -2.16. The van der Waals surface area contributed by atoms with Crippen molar-refractivity contribution in [2.45, 2.75) is 32.8 Å². The Bertz CT molecular complexity index is 930. The minimum Gasteiger partial charge on any atom is -0.466 e. The third-order valence-corrected chi connectivity index (χ3v) is 5.43. The van der Waals surface area contributed by atoms with E-state index >= 15 is 0 Å². The number of aromatic nitrogens is 1. The van der Waals surface area contributed by atoms with E-state index in [2.05, 4.69) is 9.72 Å². The molecule has 2 aromatic rings. The zero-order valence-corrected chi connectivity index (χ0v) is 16.9. The van der Waals surface area contributed by atoms with E-state index < -0.39 is 23.1 Å². The maximum absolute atomic E-state index is 11.3. The summed E-state index contributed by atoms with van der Waals surface area (Å²) in [5.41, 5.74) is 4.86. The number of hydrogen-bond acceptors (Lipinski definition) is 7. The largest absolute Gasteiger partial charge is 0.466 e. The number of rotatable bonds is 7. The lowest BCUT2D eigenvalue weighted by atomic mass is 9.92. The summed E-state index contributed by atoms with van der Waals surface area (Å²) in [6, 6.07) is 7.68. The van der Waals surface area contributed by atoms with E-state index in [1.807, 2.05) is 38.1 Å². The van der Waals surface area contributed by atoms with Crippen LogP contribution in [0.25, 0.3) is 0 Å². The topological polar surface area (TPSA) is 91.8 Å². The summed E-state index contributed by atoms with van der Waals surface area (Å²) >= 11 is 0. The second-order valence-electron chi connectivity index (χ2n) is 6.89. The van der Waals surface area contributed by atoms with Gasteiger partial charge in [0.15, 0.2) is 6.61 Å². The van der Waals surface area contributed by atoms with Crippen LogP contribution in [0.15, 0.2) is 30.5 Å². The summed E-state index contributed by atoms with van der Waals surface area (Å²) in [4.78, 5) is 15.6. The number of aryl methyl sites for hydroxylation is 1. The molecule has 2 atom stereocenters. The molecule has 1 aromatic heterocycles. The Kier molecular flexibility index (Phi) is 6.31. The maximum Gasteiger partial charge on any atom is 0.343 e. The first-order valence-corrected chi connectivity index (χ1v) is 10.0. The molecule has 7 nitrogen and oxygen atoms in total. The van der Waals surface area contributed by atoms with E-state index in [1.165, 1.54) is 7.11 Å². The SMILES string of the molecule is COC(=O)COc1ncc2c(c1C)CC(C(O[SH](=O)=O)c1ccc(C)cc1)C2. The highest BCUT2D eigenvalue weighted by Crippen LogP contribution is 2.40. The summed E-state index contributed by atoms with van der Waals surface area (Å²) in [6.07, 6.45) is 2.45. The minimum absolute atomic E-state index is 0.0398. The van der Waals surface area contributed by atoms with Crippen LogP contribution >= 0.6 is 0 Å². The van der Waals surface area contributed by atoms with Gasteiger partial charge in [-0.15, -0.1) is 0 Å². The van der Waals surface area contributed by atoms with Crippen molar-refractivity contribution in [1.29, 1.82) is 0 Å². The zero-order valence-electron chi connectivity index (χ0n) is 16.0. The highest BCUT2D eigenvalue weighted by atomic mass is 32.2. The molecule has 0 aliphatic heterocycles. The van der Waals surface area contributed by atoms with Crippen LogP contribution in [-0.2, 0) is 37.5 Å². The molecule has 0 spiro atoms. The first-order valence-electron chi connectivity index (χ1n) is 8.93. The van der Waals surface area contributed by atoms with E-state index in [-0.39, 0.29) is 12.5 Å². The molecule has 2 unspecified atom stereocenters. The first kappa shape index (κ1) is 20.3. The summed E-state index contributed by atoms with van der Waals surface area (Å²) in [6.45, 7) is 3.65. The number of nitrogens with zero attached hydrogens (tertiary/aromatic N) is 1. The summed E-state index contributed by atoms with van der Waals surface area (Å²) in [5.74, 6) is -0.138. The van der Waals surface area contributed by atoms with Gasteiger partial charge in [0.25, 0.3) is 11.0 Å². The number of carbonyl (C=O) groups excluding carboxylic acids is 1. The van der Waals surface area contributed by atoms with Crippen LogP contribution in [0.3, 0.4) is 0 Å². The Labute approximate surface area is 165 Å². The Hall–Kier alpha value is -2.45. The fourth-order valence-electron chi connectivity index (χ4n) is 3.57. The molecule has 1 aliphatic rings. The van der Waals surface area contributed by atoms with Gasteiger partial charge in [0.05, 0.1) is 7.11 Å². The number of carbonyl (C=O) groups is 1. The van der Waals surface area contributed by atoms with Gasteiger partial charge >= 0.3 is 5.97 Å². The van der Waals surface area contributed by atoms with Crippen LogP contribution in [-0.4, -0.2) is 33.1 Å². The van der Waals surface area contributed by atoms with Crippen LogP contribution in [0, 0.1) is 19.8 Å². The summed E-state index contributed by atoms with van der Waals surface area (Å²) in [5, 5.41) is 0. The minimum atomic E-state index is -2.98. The number of thiol groups is 1. The second kappa shape index (κ2) is 8.70. The number of methoxy groups -OCH3 is 1. The van der Waals surface area contributed by atoms with E-state index in [0.29, 0.717) is 18.7 Å². The molecule has 150 valence electrons. The van der Waals surface area contributed by atoms with Gasteiger partial charge in [-0.25, -0.2) is 18.2 Å². The summed E-state index contributed by atoms with van der Waals surface area (Å²) < 4.78 is 38.0. The number of pyridine rings is 1. The van der Waals surface area contributed by atoms with E-state index in [0.717, 1.165) is 27.8 Å². The predicted molar refractivity (Wildman–Crippen MR) is 103 cm³/mol. The molecule has 0 N–H and O–H groups in total. The molecular formula is C20H23NO6S. The fourth-order valence-corrected chi connectivity index (χ4v) is 4.05. The van der Waals surface area contributed by atoms with Crippen molar-refractivity contribution in [2.75, 3.05) is 13.7 Å². The lowest BCUT2D eigenvalue weighted by molar-refractivity contribution is -0.143. The molecule has 8 heteroatoms. The van der Waals surface area contributed by atoms with Crippen LogP contribution < -0.4 is 4.74 Å². The molecule has 1 aromatic carbocycles. The number of esters is 1. The van der Waals surface area contributed by atoms with Gasteiger partial charge in [-0.3, -0.25) is 4.18 Å². The van der Waals surface area contributed by atoms with Gasteiger partial charge in [0.2, 0.25) is 5.88 Å². The van der Waals surface area contributed by atoms with Crippen molar-refractivity contribution in [1.82, 2.24) is 4.98 Å². The van der Waals surface area contributed by atoms with Crippen molar-refractivity contribution in [2.24, 2.45) is 5.92 Å². The monoisotopic (exact) mass is 405 g/mol. The average Bonchev–Trinajstić information content (AvgIpc) is 3.11. The van der Waals surface area contributed by atoms with Gasteiger partial charge in [-0.2, -0.15) is 0 Å². The van der Waals surface area contributed by atoms with Crippen LogP contribution in [0.4, 0.5) is 0 Å². The van der Waals surface area contributed by atoms with Gasteiger partial charge in [0, 0.05) is 11.8 Å². The fraction of sp³-hybridized carbons (Fsp3) is 0.400. The number of ether oxygens (including phenoxy) is 2. The molecule has 0 amide bonds. The standard InChI is InChI=1S/C20H23NO6S/c1-12-4-6-14(7-5-12)19(27-28(23)24)15-8-16-10-21-20(13(2)17(16)9-15)26-11-18(22)25-3/h4-7,10,15,19,28H,8-9,11H2,1-3H3. The molecular weight excluding hydrogens is 382 g/mol. The van der Waals surface area contributed by atoms with Crippen LogP contribution in [0.5, 0.6) is 5.88 Å². The predicted octanol–water partition coefficient (Wildman–Crippen LogP) is 2.25. The van der Waals surface area contributed by atoms with Crippen molar-refractivity contribution in [3.63, 3.8) is 0 Å². The third kappa shape index (κ3) is 4.51. The number of hydrogen-bond donors (Lipinski definition) is 1. The van der Waals surface area contributed by atoms with E-state index in [9.17, 15) is 13.2 Å². The quantitative estimate of drug-likeness (QED) is 0.558. The van der Waals surface area contributed by atoms with Crippen molar-refractivity contribution >= 4 is 17.0 Å². The van der Waals surface area contributed by atoms with Crippen LogP contribution in [0.1, 0.15) is 33.9 Å². The lowest BCUT2D eigenvalue weighted by Gasteiger charge is -2.21. The second-order valence-corrected chi connectivity index (χ2v) is 7.54. The average molecular weight is 405 g/mol. The summed E-state index contributed by atoms with van der Waals surface area (Å²) in [7, 11) is -1.69. The molecule has 28 heavy (non-hydrogen) atoms. The molecule has 1 heterocycles. The van der Waals surface area contributed by atoms with Crippen molar-refractivity contribution < 1.29 is 26.9 Å². The number of benzene rings is 1. The molecule has 0 saturated carbocycles. The molecule has 0 fully saturated rings. The molecule has 0 saturated heterocycles. The van der Waals surface area contributed by atoms with Gasteiger partial charge < -0.3 is 9.47 Å². The Morgan fingerprint density at radius 2 is 1.93 bits per heavy atom. The Morgan fingerprint density at radius 1 is 1.21 bits per heavy atom. The van der Waals surface area contributed by atoms with Crippen molar-refractivity contribution in [3.8, 4) is 5.88 Å². The van der Waals surface area contributed by atoms with E-state index in [4.69, 9.17) is 8.92 Å². The van der Waals surface area contributed by atoms with Crippen LogP contribution in [0.2, 0.25) is 0 Å². The van der Waals surface area contributed by atoms with Crippen molar-refractivity contribution in [3.05, 3.63) is 58.3 Å². The third-order valence-electron chi connectivity index (χ3n) is 5.04. The normalized spacial score (nSPS) is 16.6. The maximum atomic E-state index is 11.3. The molecule has 3 rings (SSSR count). The van der Waals surface area contributed by atoms with Gasteiger partial charge in [-0.05, 0) is 49.3 Å². The van der Waals surface area contributed by atoms with Gasteiger partial charge in [0.1, 0.15) is 6.10 Å². The first-order chi connectivity index (χ1) is 13.4. The number of fused-ring (bicyclic) bond motifs is 1. The van der Waals surface area contributed by atoms with E-state index in [1.54, 1.807) is 6.20 Å². The van der Waals surface area contributed by atoms with Gasteiger partial charge in [-0.1, -0.05) is 29.8 Å².